The van der Waals surface area contributed by atoms with Crippen LogP contribution >= 0.6 is 0 Å². The Hall–Kier alpha value is -1.59. The first-order valence-corrected chi connectivity index (χ1v) is 9.93. The van der Waals surface area contributed by atoms with Crippen LogP contribution in [0.2, 0.25) is 0 Å². The first kappa shape index (κ1) is 21.7. The first-order chi connectivity index (χ1) is 12.5. The van der Waals surface area contributed by atoms with Gasteiger partial charge in [0.05, 0.1) is 11.2 Å². The van der Waals surface area contributed by atoms with Gasteiger partial charge >= 0.3 is 7.12 Å². The van der Waals surface area contributed by atoms with E-state index in [1.807, 2.05) is 27.7 Å². The van der Waals surface area contributed by atoms with Gasteiger partial charge in [-0.05, 0) is 69.6 Å². The Labute approximate surface area is 164 Å². The molecule has 148 valence electrons. The van der Waals surface area contributed by atoms with Crippen LogP contribution in [0.4, 0.5) is 0 Å². The quantitative estimate of drug-likeness (QED) is 0.760. The van der Waals surface area contributed by atoms with Crippen LogP contribution < -0.4 is 5.32 Å². The fourth-order valence-electron chi connectivity index (χ4n) is 3.33. The normalized spacial score (nSPS) is 18.7. The van der Waals surface area contributed by atoms with E-state index in [1.54, 1.807) is 0 Å². The predicted molar refractivity (Wildman–Crippen MR) is 113 cm³/mol. The van der Waals surface area contributed by atoms with E-state index in [0.29, 0.717) is 6.54 Å². The maximum absolute atomic E-state index is 11.5. The SMILES string of the molecule is CCc1cc(C)cc(CC)c1C=C(CNC(C)=O)B1OC(C)(C)C(C)(C)O1. The molecule has 1 aliphatic rings. The monoisotopic (exact) mass is 371 g/mol. The zero-order chi connectivity index (χ0) is 20.4. The summed E-state index contributed by atoms with van der Waals surface area (Å²) in [5, 5.41) is 2.92. The fraction of sp³-hybridized carbons (Fsp3) is 0.591. The number of hydrogen-bond acceptors (Lipinski definition) is 3. The number of rotatable bonds is 6. The van der Waals surface area contributed by atoms with Gasteiger partial charge in [-0.3, -0.25) is 4.79 Å². The summed E-state index contributed by atoms with van der Waals surface area (Å²) in [5.41, 5.74) is 5.23. The van der Waals surface area contributed by atoms with Crippen LogP contribution in [0.25, 0.3) is 6.08 Å². The second kappa shape index (κ2) is 8.20. The molecule has 27 heavy (non-hydrogen) atoms. The van der Waals surface area contributed by atoms with Crippen molar-refractivity contribution in [2.45, 2.75) is 79.4 Å². The minimum Gasteiger partial charge on any atom is -0.400 e. The van der Waals surface area contributed by atoms with Gasteiger partial charge in [0, 0.05) is 13.5 Å². The second-order valence-electron chi connectivity index (χ2n) is 8.42. The molecule has 1 saturated heterocycles. The summed E-state index contributed by atoms with van der Waals surface area (Å²) in [6, 6.07) is 4.48. The van der Waals surface area contributed by atoms with Crippen LogP contribution in [-0.2, 0) is 26.9 Å². The molecule has 1 N–H and O–H groups in total. The molecule has 0 atom stereocenters. The molecule has 0 spiro atoms. The standard InChI is InChI=1S/C22H34BNO3/c1-9-17-11-15(3)12-18(10-2)20(17)13-19(14-24-16(4)25)23-26-21(5,6)22(7,8)27-23/h11-13H,9-10,14H2,1-8H3,(H,24,25). The highest BCUT2D eigenvalue weighted by Crippen LogP contribution is 2.39. The molecule has 0 bridgehead atoms. The third kappa shape index (κ3) is 4.83. The van der Waals surface area contributed by atoms with Crippen molar-refractivity contribution in [1.29, 1.82) is 0 Å². The van der Waals surface area contributed by atoms with Gasteiger partial charge in [0.1, 0.15) is 0 Å². The smallest absolute Gasteiger partial charge is 0.400 e. The van der Waals surface area contributed by atoms with Crippen molar-refractivity contribution in [3.05, 3.63) is 39.9 Å². The van der Waals surface area contributed by atoms with E-state index in [2.05, 4.69) is 44.3 Å². The number of nitrogens with one attached hydrogen (secondary N) is 1. The number of aryl methyl sites for hydroxylation is 3. The Kier molecular flexibility index (Phi) is 6.59. The summed E-state index contributed by atoms with van der Waals surface area (Å²) < 4.78 is 12.5. The Morgan fingerprint density at radius 3 is 1.96 bits per heavy atom. The van der Waals surface area contributed by atoms with E-state index in [-0.39, 0.29) is 5.91 Å². The van der Waals surface area contributed by atoms with Gasteiger partial charge in [-0.2, -0.15) is 0 Å². The topological polar surface area (TPSA) is 47.6 Å². The lowest BCUT2D eigenvalue weighted by atomic mass is 9.76. The van der Waals surface area contributed by atoms with Crippen molar-refractivity contribution in [2.75, 3.05) is 6.54 Å². The fourth-order valence-corrected chi connectivity index (χ4v) is 3.33. The number of amides is 1. The average Bonchev–Trinajstić information content (AvgIpc) is 2.79. The van der Waals surface area contributed by atoms with Crippen LogP contribution in [0.5, 0.6) is 0 Å². The summed E-state index contributed by atoms with van der Waals surface area (Å²) in [6.45, 7) is 16.6. The Morgan fingerprint density at radius 1 is 1.07 bits per heavy atom. The van der Waals surface area contributed by atoms with Crippen LogP contribution in [0, 0.1) is 6.92 Å². The zero-order valence-electron chi connectivity index (χ0n) is 18.2. The molecule has 1 fully saturated rings. The maximum Gasteiger partial charge on any atom is 0.492 e. The van der Waals surface area contributed by atoms with Gasteiger partial charge in [0.25, 0.3) is 0 Å². The maximum atomic E-state index is 11.5. The van der Waals surface area contributed by atoms with Crippen molar-refractivity contribution in [3.8, 4) is 0 Å². The number of hydrogen-bond donors (Lipinski definition) is 1. The number of carbonyl (C=O) groups is 1. The van der Waals surface area contributed by atoms with Crippen LogP contribution in [-0.4, -0.2) is 30.8 Å². The van der Waals surface area contributed by atoms with E-state index in [4.69, 9.17) is 9.31 Å². The lowest BCUT2D eigenvalue weighted by Gasteiger charge is -2.32. The van der Waals surface area contributed by atoms with Gasteiger partial charge in [0.15, 0.2) is 0 Å². The van der Waals surface area contributed by atoms with Crippen LogP contribution in [0.15, 0.2) is 17.6 Å². The molecule has 5 heteroatoms. The Bertz CT molecular complexity index is 696. The molecular weight excluding hydrogens is 337 g/mol. The molecule has 1 heterocycles. The Morgan fingerprint density at radius 2 is 1.56 bits per heavy atom. The van der Waals surface area contributed by atoms with E-state index in [9.17, 15) is 4.79 Å². The molecule has 1 aromatic carbocycles. The van der Waals surface area contributed by atoms with Crippen molar-refractivity contribution in [1.82, 2.24) is 5.32 Å². The summed E-state index contributed by atoms with van der Waals surface area (Å²) in [4.78, 5) is 11.5. The summed E-state index contributed by atoms with van der Waals surface area (Å²) >= 11 is 0. The third-order valence-corrected chi connectivity index (χ3v) is 5.68. The molecule has 1 aromatic rings. The van der Waals surface area contributed by atoms with Crippen LogP contribution in [0.3, 0.4) is 0 Å². The van der Waals surface area contributed by atoms with E-state index in [0.717, 1.165) is 18.3 Å². The van der Waals surface area contributed by atoms with Gasteiger partial charge in [-0.15, -0.1) is 0 Å². The first-order valence-electron chi connectivity index (χ1n) is 9.93. The minimum atomic E-state index is -0.474. The number of benzene rings is 1. The van der Waals surface area contributed by atoms with Crippen molar-refractivity contribution >= 4 is 19.1 Å². The van der Waals surface area contributed by atoms with Crippen LogP contribution in [0.1, 0.15) is 70.7 Å². The molecule has 0 aromatic heterocycles. The van der Waals surface area contributed by atoms with Gasteiger partial charge in [-0.1, -0.05) is 37.6 Å². The highest BCUT2D eigenvalue weighted by Gasteiger charge is 2.52. The predicted octanol–water partition coefficient (Wildman–Crippen LogP) is 4.27. The molecule has 4 nitrogen and oxygen atoms in total. The molecule has 1 aliphatic heterocycles. The second-order valence-corrected chi connectivity index (χ2v) is 8.42. The molecule has 0 saturated carbocycles. The lowest BCUT2D eigenvalue weighted by molar-refractivity contribution is -0.118. The molecule has 0 aliphatic carbocycles. The Balaban J connectivity index is 2.51. The number of carbonyl (C=O) groups excluding carboxylic acids is 1. The van der Waals surface area contributed by atoms with E-state index < -0.39 is 18.3 Å². The summed E-state index contributed by atoms with van der Waals surface area (Å²) in [7, 11) is -0.474. The molecule has 2 rings (SSSR count). The summed E-state index contributed by atoms with van der Waals surface area (Å²) in [5.74, 6) is -0.0623. The highest BCUT2D eigenvalue weighted by molar-refractivity contribution is 6.56. The third-order valence-electron chi connectivity index (χ3n) is 5.68. The minimum absolute atomic E-state index is 0.0623. The van der Waals surface area contributed by atoms with Crippen molar-refractivity contribution in [2.24, 2.45) is 0 Å². The lowest BCUT2D eigenvalue weighted by Crippen LogP contribution is -2.41. The summed E-state index contributed by atoms with van der Waals surface area (Å²) in [6.07, 6.45) is 4.07. The average molecular weight is 371 g/mol. The molecule has 1 amide bonds. The van der Waals surface area contributed by atoms with Gasteiger partial charge < -0.3 is 14.6 Å². The van der Waals surface area contributed by atoms with Gasteiger partial charge in [0.2, 0.25) is 5.91 Å². The molecular formula is C22H34BNO3. The molecule has 0 unspecified atom stereocenters. The van der Waals surface area contributed by atoms with Crippen molar-refractivity contribution < 1.29 is 14.1 Å². The largest absolute Gasteiger partial charge is 0.492 e. The van der Waals surface area contributed by atoms with Crippen molar-refractivity contribution in [3.63, 3.8) is 0 Å². The zero-order valence-corrected chi connectivity index (χ0v) is 18.2. The van der Waals surface area contributed by atoms with Gasteiger partial charge in [-0.25, -0.2) is 0 Å². The molecule has 0 radical (unpaired) electrons. The van der Waals surface area contributed by atoms with E-state index >= 15 is 0 Å². The highest BCUT2D eigenvalue weighted by atomic mass is 16.7. The van der Waals surface area contributed by atoms with E-state index in [1.165, 1.54) is 29.2 Å².